The Bertz CT molecular complexity index is 230. The van der Waals surface area contributed by atoms with Crippen molar-refractivity contribution in [2.75, 3.05) is 11.9 Å². The largest absolute Gasteiger partial charge is 0.378 e. The van der Waals surface area contributed by atoms with Crippen molar-refractivity contribution in [3.8, 4) is 11.8 Å². The van der Waals surface area contributed by atoms with Crippen molar-refractivity contribution in [2.24, 2.45) is 0 Å². The third kappa shape index (κ3) is 10.2. The van der Waals surface area contributed by atoms with Gasteiger partial charge in [0.2, 0.25) is 0 Å². The smallest absolute Gasteiger partial charge is 0.123 e. The number of ether oxygens (including phenoxy) is 1. The zero-order valence-electron chi connectivity index (χ0n) is 10.1. The highest BCUT2D eigenvalue weighted by molar-refractivity contribution is 9.09. The molecule has 0 aromatic heterocycles. The lowest BCUT2D eigenvalue weighted by molar-refractivity contribution is 0.0248. The molecule has 0 fully saturated rings. The normalized spacial score (nSPS) is 12.1. The van der Waals surface area contributed by atoms with E-state index in [1.54, 1.807) is 13.8 Å². The van der Waals surface area contributed by atoms with Crippen LogP contribution in [0.3, 0.4) is 0 Å². The fourth-order valence-corrected chi connectivity index (χ4v) is 1.26. The summed E-state index contributed by atoms with van der Waals surface area (Å²) >= 11 is 3.37. The molecule has 1 N–H and O–H groups in total. The summed E-state index contributed by atoms with van der Waals surface area (Å²) in [6, 6.07) is 0. The molecule has 0 aromatic rings. The number of aliphatic hydroxyl groups is 1. The number of unbranched alkanes of at least 4 members (excludes halogenated alkanes) is 1. The van der Waals surface area contributed by atoms with E-state index in [9.17, 15) is 5.11 Å². The second kappa shape index (κ2) is 6.52. The Morgan fingerprint density at radius 2 is 1.73 bits per heavy atom. The molecule has 0 rings (SSSR count). The molecular formula is C12H21BrO2. The zero-order chi connectivity index (χ0) is 11.9. The average molecular weight is 277 g/mol. The highest BCUT2D eigenvalue weighted by atomic mass is 79.9. The Morgan fingerprint density at radius 3 is 2.20 bits per heavy atom. The predicted molar refractivity (Wildman–Crippen MR) is 67.1 cm³/mol. The maximum absolute atomic E-state index is 9.46. The van der Waals surface area contributed by atoms with E-state index >= 15 is 0 Å². The molecule has 15 heavy (non-hydrogen) atoms. The van der Waals surface area contributed by atoms with E-state index in [1.165, 1.54) is 0 Å². The molecule has 0 aromatic carbocycles. The summed E-state index contributed by atoms with van der Waals surface area (Å²) in [6.45, 7) is 7.88. The van der Waals surface area contributed by atoms with Crippen LogP contribution < -0.4 is 0 Å². The third-order valence-electron chi connectivity index (χ3n) is 1.66. The molecule has 0 aliphatic rings. The Hall–Kier alpha value is -0.0400. The summed E-state index contributed by atoms with van der Waals surface area (Å²) in [5, 5.41) is 10.5. The first-order chi connectivity index (χ1) is 6.77. The molecule has 0 heterocycles. The molecule has 0 atom stereocenters. The van der Waals surface area contributed by atoms with Crippen molar-refractivity contribution in [3.63, 3.8) is 0 Å². The number of hydrogen-bond donors (Lipinski definition) is 1. The first-order valence-corrected chi connectivity index (χ1v) is 6.36. The molecule has 0 saturated heterocycles. The van der Waals surface area contributed by atoms with Crippen molar-refractivity contribution in [3.05, 3.63) is 0 Å². The molecule has 0 saturated carbocycles. The quantitative estimate of drug-likeness (QED) is 0.475. The summed E-state index contributed by atoms with van der Waals surface area (Å²) in [6.07, 6.45) is 2.13. The number of hydrogen-bond acceptors (Lipinski definition) is 2. The van der Waals surface area contributed by atoms with Crippen LogP contribution in [0.25, 0.3) is 0 Å². The van der Waals surface area contributed by atoms with Gasteiger partial charge in [-0.15, -0.1) is 0 Å². The van der Waals surface area contributed by atoms with Gasteiger partial charge in [-0.25, -0.2) is 0 Å². The van der Waals surface area contributed by atoms with Gasteiger partial charge in [-0.05, 0) is 40.5 Å². The summed E-state index contributed by atoms with van der Waals surface area (Å²) in [5.41, 5.74) is -1.43. The van der Waals surface area contributed by atoms with Gasteiger partial charge in [0.15, 0.2) is 0 Å². The fraction of sp³-hybridized carbons (Fsp3) is 0.833. The second-order valence-electron chi connectivity index (χ2n) is 4.56. The van der Waals surface area contributed by atoms with Crippen LogP contribution in [0.15, 0.2) is 0 Å². The molecule has 0 unspecified atom stereocenters. The summed E-state index contributed by atoms with van der Waals surface area (Å²) in [4.78, 5) is 0. The lowest BCUT2D eigenvalue weighted by atomic mass is 10.1. The maximum atomic E-state index is 9.46. The third-order valence-corrected chi connectivity index (χ3v) is 2.22. The van der Waals surface area contributed by atoms with E-state index in [1.807, 2.05) is 13.8 Å². The van der Waals surface area contributed by atoms with Crippen molar-refractivity contribution >= 4 is 15.9 Å². The van der Waals surface area contributed by atoms with E-state index in [0.29, 0.717) is 6.61 Å². The van der Waals surface area contributed by atoms with Gasteiger partial charge in [0.1, 0.15) is 11.2 Å². The first kappa shape index (κ1) is 15.0. The Labute approximate surface area is 102 Å². The van der Waals surface area contributed by atoms with Crippen molar-refractivity contribution in [1.82, 2.24) is 0 Å². The van der Waals surface area contributed by atoms with Gasteiger partial charge in [-0.1, -0.05) is 27.8 Å². The maximum Gasteiger partial charge on any atom is 0.123 e. The van der Waals surface area contributed by atoms with Crippen LogP contribution in [0.2, 0.25) is 0 Å². The Kier molecular flexibility index (Phi) is 6.51. The van der Waals surface area contributed by atoms with Crippen LogP contribution in [-0.2, 0) is 4.74 Å². The number of halogens is 1. The van der Waals surface area contributed by atoms with Crippen molar-refractivity contribution in [1.29, 1.82) is 0 Å². The molecule has 0 aliphatic carbocycles. The molecule has 0 spiro atoms. The molecule has 3 heteroatoms. The molecule has 0 radical (unpaired) electrons. The van der Waals surface area contributed by atoms with Gasteiger partial charge >= 0.3 is 0 Å². The van der Waals surface area contributed by atoms with Crippen LogP contribution in [-0.4, -0.2) is 28.2 Å². The van der Waals surface area contributed by atoms with E-state index in [-0.39, 0.29) is 0 Å². The van der Waals surface area contributed by atoms with Crippen LogP contribution in [0.5, 0.6) is 0 Å². The average Bonchev–Trinajstić information content (AvgIpc) is 2.09. The first-order valence-electron chi connectivity index (χ1n) is 5.23. The minimum absolute atomic E-state index is 0.480. The molecule has 0 aliphatic heterocycles. The Morgan fingerprint density at radius 1 is 1.13 bits per heavy atom. The van der Waals surface area contributed by atoms with E-state index in [0.717, 1.165) is 18.2 Å². The summed E-state index contributed by atoms with van der Waals surface area (Å²) in [7, 11) is 0. The minimum atomic E-state index is -0.948. The predicted octanol–water partition coefficient (Wildman–Crippen LogP) is 2.73. The molecule has 0 bridgehead atoms. The lowest BCUT2D eigenvalue weighted by Gasteiger charge is -2.19. The van der Waals surface area contributed by atoms with Crippen LogP contribution >= 0.6 is 15.9 Å². The van der Waals surface area contributed by atoms with Gasteiger partial charge in [-0.2, -0.15) is 0 Å². The van der Waals surface area contributed by atoms with Gasteiger partial charge in [0.25, 0.3) is 0 Å². The zero-order valence-corrected chi connectivity index (χ0v) is 11.6. The number of alkyl halides is 1. The standard InChI is InChI=1S/C12H21BrO2/c1-11(2,14)7-8-12(3,4)15-10-6-5-9-13/h14H,5-6,9-10H2,1-4H3. The van der Waals surface area contributed by atoms with Crippen molar-refractivity contribution < 1.29 is 9.84 Å². The topological polar surface area (TPSA) is 29.5 Å². The highest BCUT2D eigenvalue weighted by Crippen LogP contribution is 2.10. The second-order valence-corrected chi connectivity index (χ2v) is 5.36. The van der Waals surface area contributed by atoms with E-state index < -0.39 is 11.2 Å². The van der Waals surface area contributed by atoms with Crippen molar-refractivity contribution in [2.45, 2.75) is 51.7 Å². The highest BCUT2D eigenvalue weighted by Gasteiger charge is 2.16. The SMILES string of the molecule is CC(C)(O)C#CC(C)(C)OCCCCBr. The van der Waals surface area contributed by atoms with E-state index in [2.05, 4.69) is 27.8 Å². The van der Waals surface area contributed by atoms with Gasteiger partial charge in [0.05, 0.1) is 0 Å². The Balaban J connectivity index is 4.00. The monoisotopic (exact) mass is 276 g/mol. The van der Waals surface area contributed by atoms with Gasteiger partial charge in [0, 0.05) is 11.9 Å². The lowest BCUT2D eigenvalue weighted by Crippen LogP contribution is -2.25. The molecule has 2 nitrogen and oxygen atoms in total. The summed E-state index contributed by atoms with van der Waals surface area (Å²) < 4.78 is 5.62. The van der Waals surface area contributed by atoms with Crippen LogP contribution in [0.1, 0.15) is 40.5 Å². The molecule has 88 valence electrons. The van der Waals surface area contributed by atoms with Gasteiger partial charge < -0.3 is 9.84 Å². The fourth-order valence-electron chi connectivity index (χ4n) is 0.863. The van der Waals surface area contributed by atoms with Crippen LogP contribution in [0, 0.1) is 11.8 Å². The molecular weight excluding hydrogens is 256 g/mol. The summed E-state index contributed by atoms with van der Waals surface area (Å²) in [5.74, 6) is 5.72. The number of rotatable bonds is 5. The minimum Gasteiger partial charge on any atom is -0.378 e. The van der Waals surface area contributed by atoms with Crippen LogP contribution in [0.4, 0.5) is 0 Å². The van der Waals surface area contributed by atoms with Gasteiger partial charge in [-0.3, -0.25) is 0 Å². The van der Waals surface area contributed by atoms with E-state index in [4.69, 9.17) is 4.74 Å². The molecule has 0 amide bonds.